The molecule has 0 aromatic carbocycles. The molecule has 0 spiro atoms. The summed E-state index contributed by atoms with van der Waals surface area (Å²) in [6.45, 7) is 8.23. The Bertz CT molecular complexity index is 323. The van der Waals surface area contributed by atoms with E-state index in [-0.39, 0.29) is 11.9 Å². The number of hydrogen-bond acceptors (Lipinski definition) is 5. The van der Waals surface area contributed by atoms with Gasteiger partial charge in [-0.25, -0.2) is 4.79 Å². The van der Waals surface area contributed by atoms with Gasteiger partial charge < -0.3 is 19.5 Å². The van der Waals surface area contributed by atoms with Crippen molar-refractivity contribution in [3.8, 4) is 0 Å². The van der Waals surface area contributed by atoms with Gasteiger partial charge in [0.2, 0.25) is 0 Å². The number of hydrogen-bond donors (Lipinski definition) is 1. The van der Waals surface area contributed by atoms with Crippen LogP contribution < -0.4 is 5.32 Å². The van der Waals surface area contributed by atoms with Crippen molar-refractivity contribution in [2.75, 3.05) is 19.8 Å². The van der Waals surface area contributed by atoms with E-state index in [0.717, 1.165) is 0 Å². The van der Waals surface area contributed by atoms with Crippen LogP contribution in [0.3, 0.4) is 0 Å². The van der Waals surface area contributed by atoms with Crippen LogP contribution >= 0.6 is 0 Å². The van der Waals surface area contributed by atoms with E-state index in [0.29, 0.717) is 26.2 Å². The summed E-state index contributed by atoms with van der Waals surface area (Å²) in [7, 11) is 0. The maximum absolute atomic E-state index is 11.8. The number of amides is 1. The van der Waals surface area contributed by atoms with Crippen molar-refractivity contribution in [1.29, 1.82) is 0 Å². The first-order valence-corrected chi connectivity index (χ1v) is 6.57. The molecule has 1 amide bonds. The highest BCUT2D eigenvalue weighted by Crippen LogP contribution is 2.18. The Morgan fingerprint density at radius 2 is 2.05 bits per heavy atom. The standard InChI is InChI=1S/C13H23NO5/c1-5-18-11(15)9-6-7-17-8-10(9)14-12(16)19-13(2,3)4/h9-10H,5-8H2,1-4H3,(H,14,16)/t9-,10-/m1/s1. The van der Waals surface area contributed by atoms with Gasteiger partial charge in [0.15, 0.2) is 0 Å². The zero-order valence-corrected chi connectivity index (χ0v) is 12.0. The minimum atomic E-state index is -0.570. The third kappa shape index (κ3) is 5.46. The first-order chi connectivity index (χ1) is 8.83. The van der Waals surface area contributed by atoms with E-state index in [1.807, 2.05) is 0 Å². The number of nitrogens with one attached hydrogen (secondary N) is 1. The van der Waals surface area contributed by atoms with Crippen LogP contribution in [0, 0.1) is 5.92 Å². The summed E-state index contributed by atoms with van der Waals surface area (Å²) in [4.78, 5) is 23.5. The number of ether oxygens (including phenoxy) is 3. The molecule has 1 aliphatic heterocycles. The summed E-state index contributed by atoms with van der Waals surface area (Å²) in [5.74, 6) is -0.673. The van der Waals surface area contributed by atoms with Crippen molar-refractivity contribution >= 4 is 12.1 Å². The topological polar surface area (TPSA) is 73.9 Å². The average molecular weight is 273 g/mol. The predicted octanol–water partition coefficient (Wildman–Crippen LogP) is 1.48. The first-order valence-electron chi connectivity index (χ1n) is 6.57. The van der Waals surface area contributed by atoms with Crippen molar-refractivity contribution in [3.05, 3.63) is 0 Å². The maximum Gasteiger partial charge on any atom is 0.407 e. The third-order valence-electron chi connectivity index (χ3n) is 2.65. The van der Waals surface area contributed by atoms with Gasteiger partial charge in [0, 0.05) is 6.61 Å². The van der Waals surface area contributed by atoms with E-state index >= 15 is 0 Å². The first kappa shape index (κ1) is 15.8. The van der Waals surface area contributed by atoms with Crippen LogP contribution in [-0.2, 0) is 19.0 Å². The lowest BCUT2D eigenvalue weighted by Gasteiger charge is -2.31. The lowest BCUT2D eigenvalue weighted by Crippen LogP contribution is -2.50. The molecule has 6 heteroatoms. The van der Waals surface area contributed by atoms with E-state index in [1.54, 1.807) is 27.7 Å². The fourth-order valence-corrected chi connectivity index (χ4v) is 1.87. The molecule has 1 saturated heterocycles. The van der Waals surface area contributed by atoms with Crippen molar-refractivity contribution in [3.63, 3.8) is 0 Å². The molecule has 1 fully saturated rings. The quantitative estimate of drug-likeness (QED) is 0.788. The van der Waals surface area contributed by atoms with Gasteiger partial charge in [-0.1, -0.05) is 0 Å². The summed E-state index contributed by atoms with van der Waals surface area (Å²) < 4.78 is 15.5. The molecule has 110 valence electrons. The molecule has 0 aromatic rings. The van der Waals surface area contributed by atoms with Crippen molar-refractivity contribution in [2.45, 2.75) is 45.8 Å². The molecule has 0 aliphatic carbocycles. The van der Waals surface area contributed by atoms with Crippen molar-refractivity contribution in [1.82, 2.24) is 5.32 Å². The summed E-state index contributed by atoms with van der Waals surface area (Å²) in [5, 5.41) is 2.68. The van der Waals surface area contributed by atoms with Gasteiger partial charge in [-0.3, -0.25) is 4.79 Å². The molecule has 0 radical (unpaired) electrons. The van der Waals surface area contributed by atoms with E-state index in [4.69, 9.17) is 14.2 Å². The fourth-order valence-electron chi connectivity index (χ4n) is 1.87. The molecular weight excluding hydrogens is 250 g/mol. The van der Waals surface area contributed by atoms with Crippen LogP contribution in [0.2, 0.25) is 0 Å². The molecule has 1 aliphatic rings. The minimum Gasteiger partial charge on any atom is -0.466 e. The van der Waals surface area contributed by atoms with Crippen LogP contribution in [-0.4, -0.2) is 43.5 Å². The Balaban J connectivity index is 2.57. The smallest absolute Gasteiger partial charge is 0.407 e. The van der Waals surface area contributed by atoms with Crippen molar-refractivity contribution < 1.29 is 23.8 Å². The molecule has 0 saturated carbocycles. The highest BCUT2D eigenvalue weighted by atomic mass is 16.6. The zero-order chi connectivity index (χ0) is 14.5. The van der Waals surface area contributed by atoms with Gasteiger partial charge in [0.05, 0.1) is 25.2 Å². The SMILES string of the molecule is CCOC(=O)[C@@H]1CCOC[C@H]1NC(=O)OC(C)(C)C. The number of esters is 1. The number of carbonyl (C=O) groups is 2. The van der Waals surface area contributed by atoms with Crippen LogP contribution in [0.4, 0.5) is 4.79 Å². The molecule has 1 rings (SSSR count). The second-order valence-corrected chi connectivity index (χ2v) is 5.47. The molecule has 2 atom stereocenters. The van der Waals surface area contributed by atoms with E-state index < -0.39 is 17.7 Å². The summed E-state index contributed by atoms with van der Waals surface area (Å²) in [6, 6.07) is -0.400. The molecule has 19 heavy (non-hydrogen) atoms. The van der Waals surface area contributed by atoms with Gasteiger partial charge >= 0.3 is 12.1 Å². The Labute approximate surface area is 113 Å². The average Bonchev–Trinajstić information content (AvgIpc) is 2.27. The van der Waals surface area contributed by atoms with Crippen molar-refractivity contribution in [2.24, 2.45) is 5.92 Å². The van der Waals surface area contributed by atoms with E-state index in [9.17, 15) is 9.59 Å². The van der Waals surface area contributed by atoms with Crippen LogP contribution in [0.1, 0.15) is 34.1 Å². The zero-order valence-electron chi connectivity index (χ0n) is 12.0. The Morgan fingerprint density at radius 3 is 2.63 bits per heavy atom. The third-order valence-corrected chi connectivity index (χ3v) is 2.65. The summed E-state index contributed by atoms with van der Waals surface area (Å²) in [6.07, 6.45) is -0.00320. The second-order valence-electron chi connectivity index (χ2n) is 5.47. The highest BCUT2D eigenvalue weighted by Gasteiger charge is 2.34. The molecule has 1 heterocycles. The van der Waals surface area contributed by atoms with Gasteiger partial charge in [-0.05, 0) is 34.1 Å². The lowest BCUT2D eigenvalue weighted by molar-refractivity contribution is -0.152. The molecule has 1 N–H and O–H groups in total. The molecule has 0 unspecified atom stereocenters. The van der Waals surface area contributed by atoms with Crippen LogP contribution in [0.15, 0.2) is 0 Å². The molecule has 6 nitrogen and oxygen atoms in total. The predicted molar refractivity (Wildman–Crippen MR) is 68.7 cm³/mol. The Hall–Kier alpha value is -1.30. The fraction of sp³-hybridized carbons (Fsp3) is 0.846. The molecule has 0 bridgehead atoms. The molecular formula is C13H23NO5. The number of rotatable bonds is 3. The second kappa shape index (κ2) is 6.75. The van der Waals surface area contributed by atoms with E-state index in [1.165, 1.54) is 0 Å². The van der Waals surface area contributed by atoms with Gasteiger partial charge in [-0.15, -0.1) is 0 Å². The minimum absolute atomic E-state index is 0.294. The monoisotopic (exact) mass is 273 g/mol. The Kier molecular flexibility index (Phi) is 5.60. The largest absolute Gasteiger partial charge is 0.466 e. The van der Waals surface area contributed by atoms with E-state index in [2.05, 4.69) is 5.32 Å². The normalized spacial score (nSPS) is 23.6. The summed E-state index contributed by atoms with van der Waals surface area (Å²) >= 11 is 0. The lowest BCUT2D eigenvalue weighted by atomic mass is 9.95. The van der Waals surface area contributed by atoms with Crippen LogP contribution in [0.5, 0.6) is 0 Å². The van der Waals surface area contributed by atoms with Gasteiger partial charge in [0.25, 0.3) is 0 Å². The molecule has 0 aromatic heterocycles. The Morgan fingerprint density at radius 1 is 1.37 bits per heavy atom. The van der Waals surface area contributed by atoms with Gasteiger partial charge in [0.1, 0.15) is 5.60 Å². The maximum atomic E-state index is 11.8. The van der Waals surface area contributed by atoms with Gasteiger partial charge in [-0.2, -0.15) is 0 Å². The number of alkyl carbamates (subject to hydrolysis) is 1. The highest BCUT2D eigenvalue weighted by molar-refractivity contribution is 5.75. The summed E-state index contributed by atoms with van der Waals surface area (Å²) in [5.41, 5.74) is -0.570. The van der Waals surface area contributed by atoms with Crippen LogP contribution in [0.25, 0.3) is 0 Å². The number of carbonyl (C=O) groups excluding carboxylic acids is 2.